The van der Waals surface area contributed by atoms with Gasteiger partial charge in [0.1, 0.15) is 12.3 Å². The molecule has 5 rings (SSSR count). The van der Waals surface area contributed by atoms with Gasteiger partial charge in [-0.3, -0.25) is 5.32 Å². The van der Waals surface area contributed by atoms with Crippen LogP contribution in [0.4, 0.5) is 5.95 Å². The Labute approximate surface area is 241 Å². The highest BCUT2D eigenvalue weighted by atomic mass is 32.2. The molecule has 1 unspecified atom stereocenters. The lowest BCUT2D eigenvalue weighted by Crippen LogP contribution is -2.37. The maximum atomic E-state index is 13.4. The van der Waals surface area contributed by atoms with Gasteiger partial charge in [0.05, 0.1) is 10.6 Å². The molecule has 0 aliphatic carbocycles. The van der Waals surface area contributed by atoms with E-state index in [1.807, 2.05) is 51.1 Å². The van der Waals surface area contributed by atoms with Crippen LogP contribution in [0.25, 0.3) is 11.3 Å². The summed E-state index contributed by atoms with van der Waals surface area (Å²) in [6.45, 7) is 12.4. The summed E-state index contributed by atoms with van der Waals surface area (Å²) in [5.41, 5.74) is 5.83. The van der Waals surface area contributed by atoms with E-state index in [0.717, 1.165) is 22.3 Å². The third-order valence-electron chi connectivity index (χ3n) is 7.38. The van der Waals surface area contributed by atoms with Gasteiger partial charge in [-0.25, -0.2) is 18.1 Å². The van der Waals surface area contributed by atoms with Crippen LogP contribution in [0.1, 0.15) is 67.8 Å². The van der Waals surface area contributed by atoms with Gasteiger partial charge in [0.25, 0.3) is 10.0 Å². The highest BCUT2D eigenvalue weighted by molar-refractivity contribution is 7.92. The Bertz CT molecular complexity index is 1660. The Morgan fingerprint density at radius 3 is 2.20 bits per heavy atom. The van der Waals surface area contributed by atoms with E-state index in [2.05, 4.69) is 52.9 Å². The number of fused-ring (bicyclic) bond motifs is 4. The van der Waals surface area contributed by atoms with Gasteiger partial charge in [-0.15, -0.1) is 0 Å². The third kappa shape index (κ3) is 6.12. The number of sulfonamides is 1. The van der Waals surface area contributed by atoms with Crippen molar-refractivity contribution in [3.05, 3.63) is 101 Å². The number of benzene rings is 3. The second-order valence-electron chi connectivity index (χ2n) is 11.6. The second kappa shape index (κ2) is 10.9. The van der Waals surface area contributed by atoms with Gasteiger partial charge in [0.2, 0.25) is 11.8 Å². The van der Waals surface area contributed by atoms with Gasteiger partial charge in [-0.1, -0.05) is 75.4 Å². The summed E-state index contributed by atoms with van der Waals surface area (Å²) in [5, 5.41) is 14.3. The van der Waals surface area contributed by atoms with Crippen LogP contribution in [0.3, 0.4) is 0 Å². The van der Waals surface area contributed by atoms with Gasteiger partial charge < -0.3 is 9.84 Å². The first-order chi connectivity index (χ1) is 19.3. The normalized spacial score (nSPS) is 20.5. The Hall–Kier alpha value is -3.79. The largest absolute Gasteiger partial charge is 0.468 e. The van der Waals surface area contributed by atoms with E-state index in [1.54, 1.807) is 18.2 Å². The van der Waals surface area contributed by atoms with E-state index < -0.39 is 28.4 Å². The van der Waals surface area contributed by atoms with Crippen molar-refractivity contribution in [2.24, 2.45) is 0 Å². The summed E-state index contributed by atoms with van der Waals surface area (Å²) in [5.74, 6) is 0.0992. The lowest BCUT2D eigenvalue weighted by atomic mass is 9.86. The first-order valence-electron chi connectivity index (χ1n) is 13.6. The zero-order valence-electron chi connectivity index (χ0n) is 24.1. The predicted octanol–water partition coefficient (Wildman–Crippen LogP) is 5.96. The maximum Gasteiger partial charge on any atom is 0.264 e. The Kier molecular flexibility index (Phi) is 7.63. The zero-order valence-corrected chi connectivity index (χ0v) is 25.0. The van der Waals surface area contributed by atoms with Crippen molar-refractivity contribution in [3.8, 4) is 17.1 Å². The molecule has 2 heterocycles. The van der Waals surface area contributed by atoms with Crippen molar-refractivity contribution in [3.63, 3.8) is 0 Å². The van der Waals surface area contributed by atoms with E-state index in [4.69, 9.17) is 4.74 Å². The maximum absolute atomic E-state index is 13.4. The van der Waals surface area contributed by atoms with Crippen LogP contribution in [-0.4, -0.2) is 29.5 Å². The first kappa shape index (κ1) is 28.7. The summed E-state index contributed by atoms with van der Waals surface area (Å²) in [6.07, 6.45) is -1.71. The molecule has 1 aliphatic rings. The number of aliphatic hydroxyl groups is 1. The van der Waals surface area contributed by atoms with Crippen molar-refractivity contribution in [2.45, 2.75) is 70.2 Å². The van der Waals surface area contributed by atoms with E-state index in [9.17, 15) is 13.5 Å². The highest BCUT2D eigenvalue weighted by Gasteiger charge is 2.28. The number of anilines is 1. The number of aromatic nitrogens is 2. The molecule has 8 nitrogen and oxygen atoms in total. The molecule has 0 fully saturated rings. The quantitative estimate of drug-likeness (QED) is 0.272. The molecule has 9 heteroatoms. The van der Waals surface area contributed by atoms with E-state index in [1.165, 1.54) is 17.7 Å². The molecule has 4 bridgehead atoms. The van der Waals surface area contributed by atoms with Crippen LogP contribution in [0, 0.1) is 13.8 Å². The molecule has 0 spiro atoms. The van der Waals surface area contributed by atoms with Crippen LogP contribution in [-0.2, 0) is 15.4 Å². The number of hydrogen-bond donors (Lipinski definition) is 3. The number of hydrogen-bond acceptors (Lipinski definition) is 7. The average Bonchev–Trinajstić information content (AvgIpc) is 2.90. The van der Waals surface area contributed by atoms with Gasteiger partial charge >= 0.3 is 0 Å². The standard InChI is InChI=1S/C32H36N4O4S/c1-19-9-7-10-20(2)28(19)26-18-27-35-31(34-26)36-41(38,39)25-12-8-11-23(17-25)30(37)33-21(3)29(40-27)22-13-15-24(16-14-22)32(4,5)6/h7-18,21,29-30,33,37H,1-6H3,(H,34,35,36)/t21-,29+,30?/m1/s1. The highest BCUT2D eigenvalue weighted by Crippen LogP contribution is 2.33. The fourth-order valence-corrected chi connectivity index (χ4v) is 6.10. The first-order valence-corrected chi connectivity index (χ1v) is 15.1. The summed E-state index contributed by atoms with van der Waals surface area (Å²) in [4.78, 5) is 9.08. The third-order valence-corrected chi connectivity index (χ3v) is 8.70. The summed E-state index contributed by atoms with van der Waals surface area (Å²) in [6, 6.07) is 21.6. The second-order valence-corrected chi connectivity index (χ2v) is 13.3. The molecule has 4 aromatic rings. The number of nitrogens with zero attached hydrogens (tertiary/aromatic N) is 2. The van der Waals surface area contributed by atoms with Crippen LogP contribution in [0.2, 0.25) is 0 Å². The van der Waals surface area contributed by atoms with Gasteiger partial charge in [-0.2, -0.15) is 4.98 Å². The molecule has 0 amide bonds. The van der Waals surface area contributed by atoms with Gasteiger partial charge in [0.15, 0.2) is 0 Å². The predicted molar refractivity (Wildman–Crippen MR) is 160 cm³/mol. The van der Waals surface area contributed by atoms with Crippen LogP contribution < -0.4 is 14.8 Å². The molecule has 3 N–H and O–H groups in total. The Morgan fingerprint density at radius 2 is 1.54 bits per heavy atom. The van der Waals surface area contributed by atoms with Crippen LogP contribution >= 0.6 is 0 Å². The van der Waals surface area contributed by atoms with Crippen LogP contribution in [0.5, 0.6) is 5.88 Å². The molecule has 214 valence electrons. The van der Waals surface area contributed by atoms with Gasteiger partial charge in [-0.05, 0) is 66.1 Å². The minimum Gasteiger partial charge on any atom is -0.468 e. The van der Waals surface area contributed by atoms with E-state index >= 15 is 0 Å². The monoisotopic (exact) mass is 572 g/mol. The molecule has 1 aromatic heterocycles. The number of nitrogens with one attached hydrogen (secondary N) is 2. The minimum absolute atomic E-state index is 0.0133. The minimum atomic E-state index is -4.07. The molecule has 3 atom stereocenters. The fourth-order valence-electron chi connectivity index (χ4n) is 5.10. The molecule has 0 radical (unpaired) electrons. The Balaban J connectivity index is 1.69. The molecule has 1 aliphatic heterocycles. The van der Waals surface area contributed by atoms with E-state index in [0.29, 0.717) is 11.3 Å². The average molecular weight is 573 g/mol. The summed E-state index contributed by atoms with van der Waals surface area (Å²) >= 11 is 0. The molecule has 0 saturated carbocycles. The zero-order chi connectivity index (χ0) is 29.5. The SMILES string of the molecule is Cc1cccc(C)c1-c1cc2nc(n1)NS(=O)(=O)c1cccc(c1)C(O)N[C@H](C)[C@@H](c1ccc(C(C)(C)C)cc1)O2. The number of aliphatic hydroxyl groups excluding tert-OH is 1. The fraction of sp³-hybridized carbons (Fsp3) is 0.312. The smallest absolute Gasteiger partial charge is 0.264 e. The molecule has 41 heavy (non-hydrogen) atoms. The summed E-state index contributed by atoms with van der Waals surface area (Å²) < 4.78 is 35.9. The lowest BCUT2D eigenvalue weighted by molar-refractivity contribution is 0.0799. The van der Waals surface area contributed by atoms with E-state index in [-0.39, 0.29) is 22.1 Å². The van der Waals surface area contributed by atoms with Crippen molar-refractivity contribution in [1.82, 2.24) is 15.3 Å². The van der Waals surface area contributed by atoms with Crippen LogP contribution in [0.15, 0.2) is 77.7 Å². The topological polar surface area (TPSA) is 113 Å². The lowest BCUT2D eigenvalue weighted by Gasteiger charge is -2.29. The van der Waals surface area contributed by atoms with Gasteiger partial charge in [0, 0.05) is 17.7 Å². The van der Waals surface area contributed by atoms with Crippen molar-refractivity contribution in [2.75, 3.05) is 4.72 Å². The molecule has 3 aromatic carbocycles. The van der Waals surface area contributed by atoms with Crippen molar-refractivity contribution < 1.29 is 18.3 Å². The number of ether oxygens (including phenoxy) is 1. The van der Waals surface area contributed by atoms with Crippen molar-refractivity contribution >= 4 is 16.0 Å². The number of aryl methyl sites for hydroxylation is 2. The number of rotatable bonds is 2. The summed E-state index contributed by atoms with van der Waals surface area (Å²) in [7, 11) is -4.07. The Morgan fingerprint density at radius 1 is 0.878 bits per heavy atom. The molecule has 0 saturated heterocycles. The molecular weight excluding hydrogens is 536 g/mol. The molecular formula is C32H36N4O4S. The van der Waals surface area contributed by atoms with Crippen molar-refractivity contribution in [1.29, 1.82) is 0 Å².